The molecule has 0 aromatic heterocycles. The van der Waals surface area contributed by atoms with E-state index < -0.39 is 11.6 Å². The van der Waals surface area contributed by atoms with E-state index in [-0.39, 0.29) is 11.6 Å². The van der Waals surface area contributed by atoms with Crippen molar-refractivity contribution in [3.63, 3.8) is 0 Å². The third kappa shape index (κ3) is 3.74. The van der Waals surface area contributed by atoms with Gasteiger partial charge in [0.1, 0.15) is 11.6 Å². The van der Waals surface area contributed by atoms with Gasteiger partial charge in [-0.3, -0.25) is 0 Å². The van der Waals surface area contributed by atoms with Crippen molar-refractivity contribution >= 4 is 0 Å². The summed E-state index contributed by atoms with van der Waals surface area (Å²) >= 11 is 0. The molecule has 1 saturated heterocycles. The smallest absolute Gasteiger partial charge is 0.130 e. The van der Waals surface area contributed by atoms with Gasteiger partial charge < -0.3 is 10.2 Å². The molecule has 0 spiro atoms. The average Bonchev–Trinajstić information content (AvgIpc) is 2.54. The molecule has 2 unspecified atom stereocenters. The molecule has 2 nitrogen and oxygen atoms in total. The Balaban J connectivity index is 2.02. The fourth-order valence-electron chi connectivity index (χ4n) is 2.77. The highest BCUT2D eigenvalue weighted by Gasteiger charge is 2.21. The zero-order valence-corrected chi connectivity index (χ0v) is 11.6. The number of nitrogens with zero attached hydrogens (tertiary/aromatic N) is 1. The lowest BCUT2D eigenvalue weighted by molar-refractivity contribution is 0.339. The Kier molecular flexibility index (Phi) is 4.88. The van der Waals surface area contributed by atoms with E-state index in [1.165, 1.54) is 18.2 Å². The van der Waals surface area contributed by atoms with Gasteiger partial charge in [0.2, 0.25) is 0 Å². The van der Waals surface area contributed by atoms with Crippen molar-refractivity contribution in [3.8, 4) is 0 Å². The molecule has 1 heterocycles. The summed E-state index contributed by atoms with van der Waals surface area (Å²) in [5, 5.41) is 3.37. The highest BCUT2D eigenvalue weighted by Crippen LogP contribution is 2.22. The summed E-state index contributed by atoms with van der Waals surface area (Å²) < 4.78 is 27.4. The first-order valence-corrected chi connectivity index (χ1v) is 6.96. The molecule has 1 aliphatic heterocycles. The fraction of sp³-hybridized carbons (Fsp3) is 0.600. The lowest BCUT2D eigenvalue weighted by Crippen LogP contribution is -2.33. The summed E-state index contributed by atoms with van der Waals surface area (Å²) in [6.45, 7) is 3.96. The Morgan fingerprint density at radius 2 is 1.89 bits per heavy atom. The van der Waals surface area contributed by atoms with Crippen molar-refractivity contribution < 1.29 is 8.78 Å². The van der Waals surface area contributed by atoms with Crippen LogP contribution >= 0.6 is 0 Å². The minimum Gasteiger partial charge on any atom is -0.307 e. The summed E-state index contributed by atoms with van der Waals surface area (Å²) in [6, 6.07) is 4.07. The topological polar surface area (TPSA) is 15.3 Å². The number of benzene rings is 1. The van der Waals surface area contributed by atoms with Gasteiger partial charge in [-0.25, -0.2) is 8.78 Å². The van der Waals surface area contributed by atoms with Crippen LogP contribution in [0.4, 0.5) is 8.78 Å². The third-order valence-electron chi connectivity index (χ3n) is 3.87. The highest BCUT2D eigenvalue weighted by molar-refractivity contribution is 5.22. The van der Waals surface area contributed by atoms with Gasteiger partial charge in [-0.15, -0.1) is 0 Å². The molecule has 0 radical (unpaired) electrons. The second-order valence-corrected chi connectivity index (χ2v) is 5.45. The van der Waals surface area contributed by atoms with E-state index in [1.807, 2.05) is 6.92 Å². The molecule has 2 atom stereocenters. The number of rotatable bonds is 3. The van der Waals surface area contributed by atoms with Crippen LogP contribution in [0.25, 0.3) is 0 Å². The minimum atomic E-state index is -0.467. The SMILES string of the molecule is CC(NC1CCCN(C)CC1)c1c(F)cccc1F. The number of halogens is 2. The van der Waals surface area contributed by atoms with Crippen molar-refractivity contribution in [1.29, 1.82) is 0 Å². The first-order valence-electron chi connectivity index (χ1n) is 6.96. The monoisotopic (exact) mass is 268 g/mol. The summed E-state index contributed by atoms with van der Waals surface area (Å²) in [6.07, 6.45) is 3.21. The molecule has 1 N–H and O–H groups in total. The van der Waals surface area contributed by atoms with Crippen molar-refractivity contribution in [3.05, 3.63) is 35.4 Å². The number of nitrogens with one attached hydrogen (secondary N) is 1. The second kappa shape index (κ2) is 6.44. The molecule has 1 aliphatic rings. The molecule has 0 saturated carbocycles. The molecule has 0 aliphatic carbocycles. The standard InChI is InChI=1S/C15H22F2N2/c1-11(15-13(16)6-3-7-14(15)17)18-12-5-4-9-19(2)10-8-12/h3,6-7,11-12,18H,4-5,8-10H2,1-2H3. The van der Waals surface area contributed by atoms with E-state index in [9.17, 15) is 8.78 Å². The minimum absolute atomic E-state index is 0.153. The van der Waals surface area contributed by atoms with Crippen LogP contribution in [0.5, 0.6) is 0 Å². The van der Waals surface area contributed by atoms with E-state index in [0.29, 0.717) is 6.04 Å². The Labute approximate surface area is 113 Å². The van der Waals surface area contributed by atoms with Crippen LogP contribution in [0, 0.1) is 11.6 Å². The van der Waals surface area contributed by atoms with Gasteiger partial charge in [0.05, 0.1) is 0 Å². The molecular weight excluding hydrogens is 246 g/mol. The van der Waals surface area contributed by atoms with Crippen LogP contribution in [0.3, 0.4) is 0 Å². The molecule has 106 valence electrons. The molecule has 0 amide bonds. The summed E-state index contributed by atoms with van der Waals surface area (Å²) in [4.78, 5) is 2.30. The molecule has 2 rings (SSSR count). The van der Waals surface area contributed by atoms with Gasteiger partial charge in [-0.2, -0.15) is 0 Å². The summed E-state index contributed by atoms with van der Waals surface area (Å²) in [5.74, 6) is -0.934. The number of likely N-dealkylation sites (tertiary alicyclic amines) is 1. The third-order valence-corrected chi connectivity index (χ3v) is 3.87. The summed E-state index contributed by atoms with van der Waals surface area (Å²) in [5.41, 5.74) is 0.153. The normalized spacial score (nSPS) is 23.1. The Morgan fingerprint density at radius 1 is 1.21 bits per heavy atom. The van der Waals surface area contributed by atoms with Crippen molar-refractivity contribution in [2.75, 3.05) is 20.1 Å². The largest absolute Gasteiger partial charge is 0.307 e. The first-order chi connectivity index (χ1) is 9.08. The van der Waals surface area contributed by atoms with Crippen LogP contribution < -0.4 is 5.32 Å². The molecule has 0 bridgehead atoms. The van der Waals surface area contributed by atoms with Crippen LogP contribution in [-0.2, 0) is 0 Å². The Morgan fingerprint density at radius 3 is 2.58 bits per heavy atom. The molecule has 19 heavy (non-hydrogen) atoms. The maximum atomic E-state index is 13.7. The van der Waals surface area contributed by atoms with Crippen molar-refractivity contribution in [2.24, 2.45) is 0 Å². The maximum absolute atomic E-state index is 13.7. The Hall–Kier alpha value is -1.00. The number of hydrogen-bond acceptors (Lipinski definition) is 2. The zero-order chi connectivity index (χ0) is 13.8. The zero-order valence-electron chi connectivity index (χ0n) is 11.6. The molecule has 1 fully saturated rings. The molecule has 1 aromatic rings. The molecular formula is C15H22F2N2. The quantitative estimate of drug-likeness (QED) is 0.906. The fourth-order valence-corrected chi connectivity index (χ4v) is 2.77. The van der Waals surface area contributed by atoms with Gasteiger partial charge >= 0.3 is 0 Å². The lowest BCUT2D eigenvalue weighted by Gasteiger charge is -2.23. The van der Waals surface area contributed by atoms with E-state index >= 15 is 0 Å². The summed E-state index contributed by atoms with van der Waals surface area (Å²) in [7, 11) is 2.11. The van der Waals surface area contributed by atoms with E-state index in [1.54, 1.807) is 0 Å². The lowest BCUT2D eigenvalue weighted by atomic mass is 10.0. The second-order valence-electron chi connectivity index (χ2n) is 5.45. The predicted molar refractivity (Wildman–Crippen MR) is 73.0 cm³/mol. The maximum Gasteiger partial charge on any atom is 0.130 e. The van der Waals surface area contributed by atoms with Crippen LogP contribution in [-0.4, -0.2) is 31.1 Å². The van der Waals surface area contributed by atoms with Gasteiger partial charge in [0.15, 0.2) is 0 Å². The van der Waals surface area contributed by atoms with E-state index in [0.717, 1.165) is 32.4 Å². The van der Waals surface area contributed by atoms with Gasteiger partial charge in [0, 0.05) is 17.6 Å². The first kappa shape index (κ1) is 14.4. The molecule has 1 aromatic carbocycles. The number of hydrogen-bond donors (Lipinski definition) is 1. The van der Waals surface area contributed by atoms with E-state index in [4.69, 9.17) is 0 Å². The van der Waals surface area contributed by atoms with Crippen LogP contribution in [0.1, 0.15) is 37.8 Å². The average molecular weight is 268 g/mol. The molecule has 4 heteroatoms. The van der Waals surface area contributed by atoms with Crippen molar-refractivity contribution in [1.82, 2.24) is 10.2 Å². The van der Waals surface area contributed by atoms with Crippen LogP contribution in [0.2, 0.25) is 0 Å². The highest BCUT2D eigenvalue weighted by atomic mass is 19.1. The predicted octanol–water partition coefficient (Wildman–Crippen LogP) is 3.10. The van der Waals surface area contributed by atoms with Gasteiger partial charge in [-0.05, 0) is 58.5 Å². The Bertz CT molecular complexity index is 402. The van der Waals surface area contributed by atoms with Crippen molar-refractivity contribution in [2.45, 2.75) is 38.3 Å². The van der Waals surface area contributed by atoms with Gasteiger partial charge in [-0.1, -0.05) is 6.07 Å². The van der Waals surface area contributed by atoms with E-state index in [2.05, 4.69) is 17.3 Å². The van der Waals surface area contributed by atoms with Crippen LogP contribution in [0.15, 0.2) is 18.2 Å². The van der Waals surface area contributed by atoms with Gasteiger partial charge in [0.25, 0.3) is 0 Å².